The van der Waals surface area contributed by atoms with Crippen molar-refractivity contribution in [2.24, 2.45) is 0 Å². The highest BCUT2D eigenvalue weighted by Crippen LogP contribution is 2.22. The van der Waals surface area contributed by atoms with Gasteiger partial charge in [0, 0.05) is 43.4 Å². The summed E-state index contributed by atoms with van der Waals surface area (Å²) in [5, 5.41) is 2.92. The number of aromatic nitrogens is 2. The Balaban J connectivity index is 1.47. The van der Waals surface area contributed by atoms with Gasteiger partial charge in [0.2, 0.25) is 5.95 Å². The summed E-state index contributed by atoms with van der Waals surface area (Å²) in [5.74, 6) is -0.139. The lowest BCUT2D eigenvalue weighted by atomic mass is 10.1. The number of benzene rings is 2. The predicted octanol–water partition coefficient (Wildman–Crippen LogP) is 4.06. The second kappa shape index (κ2) is 7.17. The van der Waals surface area contributed by atoms with E-state index in [0.29, 0.717) is 30.3 Å². The Morgan fingerprint density at radius 3 is 2.58 bits per heavy atom. The van der Waals surface area contributed by atoms with Crippen LogP contribution in [0.2, 0.25) is 0 Å². The lowest BCUT2D eigenvalue weighted by Gasteiger charge is -2.28. The maximum Gasteiger partial charge on any atom is 0.227 e. The van der Waals surface area contributed by atoms with Crippen molar-refractivity contribution < 1.29 is 8.78 Å². The van der Waals surface area contributed by atoms with Crippen LogP contribution in [-0.4, -0.2) is 21.4 Å². The molecule has 4 rings (SSSR count). The molecule has 0 saturated heterocycles. The van der Waals surface area contributed by atoms with Gasteiger partial charge in [-0.05, 0) is 18.2 Å². The van der Waals surface area contributed by atoms with E-state index in [1.807, 2.05) is 12.1 Å². The number of para-hydroxylation sites is 1. The number of nitrogens with zero attached hydrogens (tertiary/aromatic N) is 3. The van der Waals surface area contributed by atoms with Crippen molar-refractivity contribution in [3.05, 3.63) is 83.2 Å². The first-order chi connectivity index (χ1) is 12.7. The molecule has 4 nitrogen and oxygen atoms in total. The molecule has 26 heavy (non-hydrogen) atoms. The van der Waals surface area contributed by atoms with Crippen LogP contribution in [0.3, 0.4) is 0 Å². The summed E-state index contributed by atoms with van der Waals surface area (Å²) in [4.78, 5) is 11.0. The van der Waals surface area contributed by atoms with E-state index in [4.69, 9.17) is 0 Å². The molecule has 0 saturated carbocycles. The van der Waals surface area contributed by atoms with E-state index in [9.17, 15) is 8.78 Å². The molecule has 0 unspecified atom stereocenters. The van der Waals surface area contributed by atoms with Gasteiger partial charge in [-0.3, -0.25) is 4.90 Å². The fourth-order valence-corrected chi connectivity index (χ4v) is 3.12. The molecule has 0 aliphatic carbocycles. The summed E-state index contributed by atoms with van der Waals surface area (Å²) >= 11 is 0. The number of anilines is 2. The third kappa shape index (κ3) is 3.55. The van der Waals surface area contributed by atoms with Crippen LogP contribution < -0.4 is 5.32 Å². The Hall–Kier alpha value is -2.86. The Kier molecular flexibility index (Phi) is 4.58. The maximum atomic E-state index is 13.8. The van der Waals surface area contributed by atoms with Crippen molar-refractivity contribution in [2.45, 2.75) is 19.5 Å². The molecular formula is C20H18F2N4. The third-order valence-electron chi connectivity index (χ3n) is 4.49. The number of halogens is 2. The number of hydrogen-bond donors (Lipinski definition) is 1. The first kappa shape index (κ1) is 16.6. The van der Waals surface area contributed by atoms with Gasteiger partial charge in [0.1, 0.15) is 11.6 Å². The molecule has 132 valence electrons. The van der Waals surface area contributed by atoms with Crippen LogP contribution >= 0.6 is 0 Å². The van der Waals surface area contributed by atoms with Crippen LogP contribution in [-0.2, 0) is 19.5 Å². The van der Waals surface area contributed by atoms with E-state index in [2.05, 4.69) is 20.2 Å². The summed E-state index contributed by atoms with van der Waals surface area (Å²) in [6.45, 7) is 2.02. The van der Waals surface area contributed by atoms with Gasteiger partial charge >= 0.3 is 0 Å². The van der Waals surface area contributed by atoms with E-state index in [1.54, 1.807) is 30.5 Å². The Bertz CT molecular complexity index is 929. The zero-order valence-electron chi connectivity index (χ0n) is 14.1. The lowest BCUT2D eigenvalue weighted by Crippen LogP contribution is -2.31. The monoisotopic (exact) mass is 352 g/mol. The molecule has 1 aliphatic heterocycles. The summed E-state index contributed by atoms with van der Waals surface area (Å²) in [6, 6.07) is 13.3. The third-order valence-corrected chi connectivity index (χ3v) is 4.49. The zero-order valence-corrected chi connectivity index (χ0v) is 14.1. The quantitative estimate of drug-likeness (QED) is 0.769. The minimum absolute atomic E-state index is 0.181. The smallest absolute Gasteiger partial charge is 0.227 e. The Labute approximate surface area is 150 Å². The van der Waals surface area contributed by atoms with Crippen LogP contribution in [0.15, 0.2) is 54.7 Å². The SMILES string of the molecule is Fc1ccccc1CN1CCc2nc(Nc3ccccc3F)ncc2C1. The normalized spacial score (nSPS) is 14.1. The minimum Gasteiger partial charge on any atom is -0.322 e. The highest BCUT2D eigenvalue weighted by molar-refractivity contribution is 5.54. The molecule has 0 spiro atoms. The second-order valence-electron chi connectivity index (χ2n) is 6.32. The predicted molar refractivity (Wildman–Crippen MR) is 95.9 cm³/mol. The van der Waals surface area contributed by atoms with Gasteiger partial charge in [-0.2, -0.15) is 0 Å². The van der Waals surface area contributed by atoms with Gasteiger partial charge in [-0.25, -0.2) is 18.7 Å². The molecule has 1 aliphatic rings. The van der Waals surface area contributed by atoms with Gasteiger partial charge in [0.15, 0.2) is 0 Å². The molecule has 6 heteroatoms. The van der Waals surface area contributed by atoms with Gasteiger partial charge in [0.25, 0.3) is 0 Å². The average molecular weight is 352 g/mol. The fraction of sp³-hybridized carbons (Fsp3) is 0.200. The van der Waals surface area contributed by atoms with Crippen molar-refractivity contribution in [2.75, 3.05) is 11.9 Å². The van der Waals surface area contributed by atoms with Crippen molar-refractivity contribution >= 4 is 11.6 Å². The average Bonchev–Trinajstić information content (AvgIpc) is 2.66. The molecule has 3 aromatic rings. The van der Waals surface area contributed by atoms with Gasteiger partial charge < -0.3 is 5.32 Å². The van der Waals surface area contributed by atoms with Crippen LogP contribution in [0.4, 0.5) is 20.4 Å². The van der Waals surface area contributed by atoms with E-state index in [-0.39, 0.29) is 11.6 Å². The highest BCUT2D eigenvalue weighted by Gasteiger charge is 2.19. The van der Waals surface area contributed by atoms with Crippen molar-refractivity contribution in [1.82, 2.24) is 14.9 Å². The van der Waals surface area contributed by atoms with Crippen LogP contribution in [0.25, 0.3) is 0 Å². The molecule has 0 fully saturated rings. The largest absolute Gasteiger partial charge is 0.322 e. The van der Waals surface area contributed by atoms with Gasteiger partial charge in [-0.15, -0.1) is 0 Å². The summed E-state index contributed by atoms with van der Waals surface area (Å²) < 4.78 is 27.6. The molecular weight excluding hydrogens is 334 g/mol. The van der Waals surface area contributed by atoms with Crippen LogP contribution in [0.5, 0.6) is 0 Å². The lowest BCUT2D eigenvalue weighted by molar-refractivity contribution is 0.239. The fourth-order valence-electron chi connectivity index (χ4n) is 3.12. The standard InChI is InChI=1S/C20H18F2N4/c21-16-6-2-1-5-14(16)12-26-10-9-18-15(13-26)11-23-20(24-18)25-19-8-4-3-7-17(19)22/h1-8,11H,9-10,12-13H2,(H,23,24,25). The minimum atomic E-state index is -0.343. The molecule has 1 N–H and O–H groups in total. The molecule has 0 atom stereocenters. The molecule has 0 amide bonds. The first-order valence-corrected chi connectivity index (χ1v) is 8.51. The zero-order chi connectivity index (χ0) is 17.9. The maximum absolute atomic E-state index is 13.8. The van der Waals surface area contributed by atoms with Gasteiger partial charge in [-0.1, -0.05) is 30.3 Å². The van der Waals surface area contributed by atoms with E-state index < -0.39 is 0 Å². The Morgan fingerprint density at radius 1 is 1.00 bits per heavy atom. The number of rotatable bonds is 4. The highest BCUT2D eigenvalue weighted by atomic mass is 19.1. The van der Waals surface area contributed by atoms with E-state index in [1.165, 1.54) is 12.1 Å². The molecule has 2 heterocycles. The van der Waals surface area contributed by atoms with E-state index >= 15 is 0 Å². The second-order valence-corrected chi connectivity index (χ2v) is 6.32. The summed E-state index contributed by atoms with van der Waals surface area (Å²) in [5.41, 5.74) is 3.01. The molecule has 1 aromatic heterocycles. The number of nitrogens with one attached hydrogen (secondary N) is 1. The number of fused-ring (bicyclic) bond motifs is 1. The molecule has 2 aromatic carbocycles. The topological polar surface area (TPSA) is 41.1 Å². The van der Waals surface area contributed by atoms with Crippen molar-refractivity contribution in [3.8, 4) is 0 Å². The summed E-state index contributed by atoms with van der Waals surface area (Å²) in [6.07, 6.45) is 2.51. The van der Waals surface area contributed by atoms with Crippen LogP contribution in [0.1, 0.15) is 16.8 Å². The molecule has 0 radical (unpaired) electrons. The molecule has 0 bridgehead atoms. The van der Waals surface area contributed by atoms with Crippen LogP contribution in [0, 0.1) is 11.6 Å². The van der Waals surface area contributed by atoms with E-state index in [0.717, 1.165) is 24.2 Å². The van der Waals surface area contributed by atoms with Crippen molar-refractivity contribution in [1.29, 1.82) is 0 Å². The first-order valence-electron chi connectivity index (χ1n) is 8.51. The van der Waals surface area contributed by atoms with Gasteiger partial charge in [0.05, 0.1) is 11.4 Å². The summed E-state index contributed by atoms with van der Waals surface area (Å²) in [7, 11) is 0. The number of hydrogen-bond acceptors (Lipinski definition) is 4. The van der Waals surface area contributed by atoms with Crippen molar-refractivity contribution in [3.63, 3.8) is 0 Å². The Morgan fingerprint density at radius 2 is 1.77 bits per heavy atom.